The van der Waals surface area contributed by atoms with Crippen molar-refractivity contribution >= 4 is 23.4 Å². The highest BCUT2D eigenvalue weighted by Gasteiger charge is 2.07. The molecule has 0 fully saturated rings. The van der Waals surface area contributed by atoms with Crippen molar-refractivity contribution in [2.24, 2.45) is 0 Å². The van der Waals surface area contributed by atoms with Gasteiger partial charge in [0.15, 0.2) is 0 Å². The van der Waals surface area contributed by atoms with Gasteiger partial charge < -0.3 is 15.2 Å². The van der Waals surface area contributed by atoms with Crippen LogP contribution in [-0.2, 0) is 0 Å². The molecule has 1 aromatic rings. The van der Waals surface area contributed by atoms with Gasteiger partial charge >= 0.3 is 0 Å². The summed E-state index contributed by atoms with van der Waals surface area (Å²) < 4.78 is 5.46. The van der Waals surface area contributed by atoms with E-state index in [1.165, 1.54) is 0 Å². The van der Waals surface area contributed by atoms with Gasteiger partial charge in [-0.2, -0.15) is 11.8 Å². The maximum absolute atomic E-state index is 9.77. The molecule has 2 N–H and O–H groups in total. The number of benzene rings is 1. The van der Waals surface area contributed by atoms with Gasteiger partial charge in [-0.1, -0.05) is 17.7 Å². The first-order valence-electron chi connectivity index (χ1n) is 5.90. The van der Waals surface area contributed by atoms with Crippen molar-refractivity contribution < 1.29 is 9.84 Å². The summed E-state index contributed by atoms with van der Waals surface area (Å²) in [5.41, 5.74) is 0. The quantitative estimate of drug-likeness (QED) is 0.771. The molecule has 1 aromatic carbocycles. The third kappa shape index (κ3) is 6.50. The van der Waals surface area contributed by atoms with Crippen LogP contribution in [0.4, 0.5) is 0 Å². The molecule has 0 aliphatic carbocycles. The Hall–Kier alpha value is -0.420. The molecule has 0 saturated heterocycles. The van der Waals surface area contributed by atoms with Crippen LogP contribution in [0, 0.1) is 0 Å². The van der Waals surface area contributed by atoms with Crippen molar-refractivity contribution in [3.8, 4) is 5.75 Å². The lowest BCUT2D eigenvalue weighted by atomic mass is 10.3. The van der Waals surface area contributed by atoms with Gasteiger partial charge in [-0.3, -0.25) is 0 Å². The Morgan fingerprint density at radius 3 is 2.94 bits per heavy atom. The predicted molar refractivity (Wildman–Crippen MR) is 78.8 cm³/mol. The van der Waals surface area contributed by atoms with Crippen molar-refractivity contribution in [2.75, 3.05) is 25.2 Å². The maximum Gasteiger partial charge on any atom is 0.120 e. The first-order valence-corrected chi connectivity index (χ1v) is 7.67. The van der Waals surface area contributed by atoms with Crippen LogP contribution in [0.15, 0.2) is 24.3 Å². The van der Waals surface area contributed by atoms with Crippen LogP contribution in [0.1, 0.15) is 6.92 Å². The highest BCUT2D eigenvalue weighted by Crippen LogP contribution is 2.17. The van der Waals surface area contributed by atoms with E-state index >= 15 is 0 Å². The summed E-state index contributed by atoms with van der Waals surface area (Å²) in [6, 6.07) is 7.56. The van der Waals surface area contributed by atoms with Crippen LogP contribution in [0.5, 0.6) is 5.75 Å². The minimum Gasteiger partial charge on any atom is -0.491 e. The third-order valence-electron chi connectivity index (χ3n) is 2.36. The number of hydrogen-bond acceptors (Lipinski definition) is 4. The number of halogens is 1. The van der Waals surface area contributed by atoms with Gasteiger partial charge in [-0.25, -0.2) is 0 Å². The van der Waals surface area contributed by atoms with Crippen LogP contribution < -0.4 is 10.1 Å². The van der Waals surface area contributed by atoms with Gasteiger partial charge in [0.1, 0.15) is 18.5 Å². The molecule has 0 amide bonds. The second-order valence-electron chi connectivity index (χ2n) is 4.19. The molecule has 3 nitrogen and oxygen atoms in total. The fourth-order valence-corrected chi connectivity index (χ4v) is 2.25. The summed E-state index contributed by atoms with van der Waals surface area (Å²) in [5.74, 6) is 1.71. The number of nitrogens with one attached hydrogen (secondary N) is 1. The summed E-state index contributed by atoms with van der Waals surface area (Å²) in [5, 5.41) is 13.7. The molecule has 1 rings (SSSR count). The number of hydrogen-bond donors (Lipinski definition) is 2. The van der Waals surface area contributed by atoms with Gasteiger partial charge in [0.2, 0.25) is 0 Å². The molecular weight excluding hydrogens is 270 g/mol. The lowest BCUT2D eigenvalue weighted by Gasteiger charge is -2.17. The Morgan fingerprint density at radius 1 is 1.50 bits per heavy atom. The lowest BCUT2D eigenvalue weighted by Crippen LogP contribution is -2.37. The van der Waals surface area contributed by atoms with Gasteiger partial charge in [0.25, 0.3) is 0 Å². The fraction of sp³-hybridized carbons (Fsp3) is 0.538. The van der Waals surface area contributed by atoms with Crippen molar-refractivity contribution in [2.45, 2.75) is 19.1 Å². The smallest absolute Gasteiger partial charge is 0.120 e. The molecule has 0 aliphatic rings. The van der Waals surface area contributed by atoms with Crippen molar-refractivity contribution in [1.29, 1.82) is 0 Å². The molecule has 5 heteroatoms. The average molecular weight is 290 g/mol. The molecule has 0 spiro atoms. The Balaban J connectivity index is 2.22. The van der Waals surface area contributed by atoms with Gasteiger partial charge in [0, 0.05) is 23.4 Å². The molecular formula is C13H20ClNO2S. The van der Waals surface area contributed by atoms with Crippen LogP contribution in [0.3, 0.4) is 0 Å². The number of rotatable bonds is 8. The number of ether oxygens (including phenoxy) is 1. The molecule has 0 aliphatic heterocycles. The Bertz CT molecular complexity index is 352. The molecule has 18 heavy (non-hydrogen) atoms. The fourth-order valence-electron chi connectivity index (χ4n) is 1.45. The zero-order valence-electron chi connectivity index (χ0n) is 10.7. The van der Waals surface area contributed by atoms with Crippen LogP contribution >= 0.6 is 23.4 Å². The van der Waals surface area contributed by atoms with Gasteiger partial charge in [-0.15, -0.1) is 0 Å². The van der Waals surface area contributed by atoms with Crippen molar-refractivity contribution in [3.05, 3.63) is 29.3 Å². The molecule has 102 valence electrons. The summed E-state index contributed by atoms with van der Waals surface area (Å²) in [7, 11) is 0. The van der Waals surface area contributed by atoms with Crippen LogP contribution in [0.25, 0.3) is 0 Å². The summed E-state index contributed by atoms with van der Waals surface area (Å²) in [4.78, 5) is 0. The minimum atomic E-state index is -0.520. The zero-order valence-corrected chi connectivity index (χ0v) is 12.3. The van der Waals surface area contributed by atoms with E-state index in [2.05, 4.69) is 18.5 Å². The lowest BCUT2D eigenvalue weighted by molar-refractivity contribution is 0.105. The second-order valence-corrected chi connectivity index (χ2v) is 5.53. The van der Waals surface area contributed by atoms with Crippen molar-refractivity contribution in [1.82, 2.24) is 5.32 Å². The molecule has 0 aromatic heterocycles. The van der Waals surface area contributed by atoms with Crippen molar-refractivity contribution in [3.63, 3.8) is 0 Å². The number of aliphatic hydroxyl groups is 1. The Labute approximate surface area is 118 Å². The summed E-state index contributed by atoms with van der Waals surface area (Å²) in [6.45, 7) is 2.89. The standard InChI is InChI=1S/C13H20ClNO2S/c1-10(9-18-2)15-7-12(16)8-17-13-5-3-4-11(14)6-13/h3-6,10,12,15-16H,7-9H2,1-2H3. The molecule has 0 bridgehead atoms. The largest absolute Gasteiger partial charge is 0.491 e. The second kappa shape index (κ2) is 8.64. The molecule has 2 atom stereocenters. The van der Waals surface area contributed by atoms with E-state index in [9.17, 15) is 5.11 Å². The van der Waals surface area contributed by atoms with E-state index in [0.717, 1.165) is 5.75 Å². The van der Waals surface area contributed by atoms with E-state index in [1.54, 1.807) is 23.9 Å². The van der Waals surface area contributed by atoms with E-state index in [-0.39, 0.29) is 6.61 Å². The minimum absolute atomic E-state index is 0.263. The van der Waals surface area contributed by atoms with E-state index in [0.29, 0.717) is 23.4 Å². The normalized spacial score (nSPS) is 14.2. The van der Waals surface area contributed by atoms with E-state index in [1.807, 2.05) is 12.1 Å². The third-order valence-corrected chi connectivity index (χ3v) is 3.43. The molecule has 0 saturated carbocycles. The zero-order chi connectivity index (χ0) is 13.4. The molecule has 0 heterocycles. The SMILES string of the molecule is CSCC(C)NCC(O)COc1cccc(Cl)c1. The number of thioether (sulfide) groups is 1. The number of aliphatic hydroxyl groups excluding tert-OH is 1. The Morgan fingerprint density at radius 2 is 2.28 bits per heavy atom. The topological polar surface area (TPSA) is 41.5 Å². The molecule has 0 radical (unpaired) electrons. The molecule has 2 unspecified atom stereocenters. The van der Waals surface area contributed by atoms with Gasteiger partial charge in [-0.05, 0) is 31.4 Å². The van der Waals surface area contributed by atoms with E-state index < -0.39 is 6.10 Å². The predicted octanol–water partition coefficient (Wildman–Crippen LogP) is 2.42. The average Bonchev–Trinajstić information content (AvgIpc) is 2.34. The highest BCUT2D eigenvalue weighted by molar-refractivity contribution is 7.98. The monoisotopic (exact) mass is 289 g/mol. The van der Waals surface area contributed by atoms with E-state index in [4.69, 9.17) is 16.3 Å². The van der Waals surface area contributed by atoms with Crippen LogP contribution in [-0.4, -0.2) is 42.4 Å². The first-order chi connectivity index (χ1) is 8.61. The first kappa shape index (κ1) is 15.6. The van der Waals surface area contributed by atoms with Gasteiger partial charge in [0.05, 0.1) is 0 Å². The summed E-state index contributed by atoms with van der Waals surface area (Å²) in [6.07, 6.45) is 1.55. The van der Waals surface area contributed by atoms with Crippen LogP contribution in [0.2, 0.25) is 5.02 Å². The highest BCUT2D eigenvalue weighted by atomic mass is 35.5. The summed E-state index contributed by atoms with van der Waals surface area (Å²) >= 11 is 7.62. The maximum atomic E-state index is 9.77. The Kier molecular flexibility index (Phi) is 7.51.